The van der Waals surface area contributed by atoms with Crippen LogP contribution in [0, 0.1) is 11.8 Å². The molecule has 1 fully saturated rings. The van der Waals surface area contributed by atoms with E-state index in [2.05, 4.69) is 10.4 Å². The summed E-state index contributed by atoms with van der Waals surface area (Å²) in [6.45, 7) is 1.45. The molecule has 0 atom stereocenters. The van der Waals surface area contributed by atoms with Crippen molar-refractivity contribution >= 4 is 5.91 Å². The molecule has 1 aliphatic rings. The summed E-state index contributed by atoms with van der Waals surface area (Å²) in [6.07, 6.45) is 6.77. The lowest BCUT2D eigenvalue weighted by molar-refractivity contribution is -0.126. The lowest BCUT2D eigenvalue weighted by Gasteiger charge is -2.26. The number of hydrogen-bond donors (Lipinski definition) is 2. The van der Waals surface area contributed by atoms with E-state index in [0.29, 0.717) is 12.5 Å². The second kappa shape index (κ2) is 6.70. The molecule has 1 saturated carbocycles. The predicted octanol–water partition coefficient (Wildman–Crippen LogP) is 0.844. The van der Waals surface area contributed by atoms with Crippen LogP contribution in [0.5, 0.6) is 0 Å². The maximum Gasteiger partial charge on any atom is 0.223 e. The Morgan fingerprint density at radius 2 is 2.21 bits per heavy atom. The van der Waals surface area contributed by atoms with Gasteiger partial charge in [0.15, 0.2) is 0 Å². The van der Waals surface area contributed by atoms with Crippen LogP contribution in [-0.4, -0.2) is 28.8 Å². The molecule has 0 radical (unpaired) electrons. The maximum atomic E-state index is 12.0. The van der Waals surface area contributed by atoms with Gasteiger partial charge in [-0.1, -0.05) is 0 Å². The second-order valence-electron chi connectivity index (χ2n) is 5.44. The van der Waals surface area contributed by atoms with Crippen molar-refractivity contribution in [3.05, 3.63) is 18.0 Å². The normalized spacial score (nSPS) is 23.3. The smallest absolute Gasteiger partial charge is 0.223 e. The zero-order valence-electron chi connectivity index (χ0n) is 11.6. The van der Waals surface area contributed by atoms with Crippen LogP contribution < -0.4 is 11.1 Å². The first-order valence-corrected chi connectivity index (χ1v) is 7.15. The quantitative estimate of drug-likeness (QED) is 0.828. The van der Waals surface area contributed by atoms with Gasteiger partial charge < -0.3 is 11.1 Å². The first-order valence-electron chi connectivity index (χ1n) is 7.15. The minimum absolute atomic E-state index is 0.189. The monoisotopic (exact) mass is 264 g/mol. The van der Waals surface area contributed by atoms with Crippen LogP contribution in [0.4, 0.5) is 0 Å². The van der Waals surface area contributed by atoms with Crippen molar-refractivity contribution in [2.24, 2.45) is 24.6 Å². The van der Waals surface area contributed by atoms with Gasteiger partial charge in [0, 0.05) is 37.8 Å². The Morgan fingerprint density at radius 1 is 1.47 bits per heavy atom. The average Bonchev–Trinajstić information content (AvgIpc) is 2.84. The summed E-state index contributed by atoms with van der Waals surface area (Å²) in [4.78, 5) is 12.0. The largest absolute Gasteiger partial charge is 0.355 e. The highest BCUT2D eigenvalue weighted by atomic mass is 16.1. The van der Waals surface area contributed by atoms with E-state index in [1.54, 1.807) is 6.20 Å². The van der Waals surface area contributed by atoms with Crippen molar-refractivity contribution in [2.75, 3.05) is 13.1 Å². The van der Waals surface area contributed by atoms with Crippen LogP contribution in [0.2, 0.25) is 0 Å². The number of nitrogens with two attached hydrogens (primary N) is 1. The molecule has 0 aromatic carbocycles. The van der Waals surface area contributed by atoms with Gasteiger partial charge >= 0.3 is 0 Å². The second-order valence-corrected chi connectivity index (χ2v) is 5.44. The Kier molecular flexibility index (Phi) is 4.96. The third kappa shape index (κ3) is 3.80. The van der Waals surface area contributed by atoms with Crippen LogP contribution in [0.1, 0.15) is 31.4 Å². The summed E-state index contributed by atoms with van der Waals surface area (Å²) in [5.41, 5.74) is 6.81. The summed E-state index contributed by atoms with van der Waals surface area (Å²) in [7, 11) is 1.92. The van der Waals surface area contributed by atoms with Gasteiger partial charge in [0.2, 0.25) is 5.91 Å². The van der Waals surface area contributed by atoms with E-state index in [4.69, 9.17) is 5.73 Å². The van der Waals surface area contributed by atoms with Gasteiger partial charge in [0.05, 0.1) is 0 Å². The highest BCUT2D eigenvalue weighted by Gasteiger charge is 2.25. The van der Waals surface area contributed by atoms with Crippen LogP contribution in [-0.2, 0) is 18.3 Å². The average molecular weight is 264 g/mol. The zero-order chi connectivity index (χ0) is 13.7. The minimum atomic E-state index is 0.189. The third-order valence-electron chi connectivity index (χ3n) is 4.15. The molecule has 5 heteroatoms. The fraction of sp³-hybridized carbons (Fsp3) is 0.714. The van der Waals surface area contributed by atoms with Crippen molar-refractivity contribution < 1.29 is 4.79 Å². The van der Waals surface area contributed by atoms with E-state index in [1.165, 1.54) is 0 Å². The maximum absolute atomic E-state index is 12.0. The van der Waals surface area contributed by atoms with E-state index in [1.807, 2.05) is 17.8 Å². The lowest BCUT2D eigenvalue weighted by Crippen LogP contribution is -2.35. The number of nitrogens with zero attached hydrogens (tertiary/aromatic N) is 2. The summed E-state index contributed by atoms with van der Waals surface area (Å²) < 4.78 is 1.85. The standard InChI is InChI=1S/C14H24N4O/c1-18-13(7-9-17-18)6-8-16-14(19)12-4-2-11(10-15)3-5-12/h7,9,11-12H,2-6,8,10,15H2,1H3,(H,16,19). The Morgan fingerprint density at radius 3 is 2.79 bits per heavy atom. The molecule has 3 N–H and O–H groups in total. The number of amides is 1. The summed E-state index contributed by atoms with van der Waals surface area (Å²) in [5, 5.41) is 7.15. The van der Waals surface area contributed by atoms with E-state index < -0.39 is 0 Å². The van der Waals surface area contributed by atoms with Crippen molar-refractivity contribution in [3.63, 3.8) is 0 Å². The van der Waals surface area contributed by atoms with E-state index >= 15 is 0 Å². The topological polar surface area (TPSA) is 72.9 Å². The van der Waals surface area contributed by atoms with Crippen molar-refractivity contribution in [1.82, 2.24) is 15.1 Å². The third-order valence-corrected chi connectivity index (χ3v) is 4.15. The van der Waals surface area contributed by atoms with E-state index in [9.17, 15) is 4.79 Å². The molecular weight excluding hydrogens is 240 g/mol. The van der Waals surface area contributed by atoms with E-state index in [0.717, 1.165) is 44.3 Å². The van der Waals surface area contributed by atoms with E-state index in [-0.39, 0.29) is 11.8 Å². The molecule has 106 valence electrons. The Hall–Kier alpha value is -1.36. The Labute approximate surface area is 114 Å². The molecule has 1 aromatic rings. The number of rotatable bonds is 5. The fourth-order valence-electron chi connectivity index (χ4n) is 2.76. The van der Waals surface area contributed by atoms with Gasteiger partial charge in [-0.15, -0.1) is 0 Å². The summed E-state index contributed by atoms with van der Waals surface area (Å²) in [5.74, 6) is 1.02. The molecule has 0 aliphatic heterocycles. The highest BCUT2D eigenvalue weighted by Crippen LogP contribution is 2.28. The SMILES string of the molecule is Cn1nccc1CCNC(=O)C1CCC(CN)CC1. The molecule has 1 aromatic heterocycles. The number of aromatic nitrogens is 2. The van der Waals surface area contributed by atoms with Crippen LogP contribution in [0.25, 0.3) is 0 Å². The molecule has 0 spiro atoms. The molecular formula is C14H24N4O. The molecule has 1 amide bonds. The van der Waals surface area contributed by atoms with Crippen molar-refractivity contribution in [3.8, 4) is 0 Å². The predicted molar refractivity (Wildman–Crippen MR) is 74.4 cm³/mol. The number of hydrogen-bond acceptors (Lipinski definition) is 3. The first kappa shape index (κ1) is 14.1. The van der Waals surface area contributed by atoms with Crippen LogP contribution in [0.3, 0.4) is 0 Å². The minimum Gasteiger partial charge on any atom is -0.355 e. The molecule has 0 saturated heterocycles. The lowest BCUT2D eigenvalue weighted by atomic mass is 9.81. The van der Waals surface area contributed by atoms with Crippen molar-refractivity contribution in [1.29, 1.82) is 0 Å². The molecule has 2 rings (SSSR count). The number of aryl methyl sites for hydroxylation is 1. The Bertz CT molecular complexity index is 407. The van der Waals surface area contributed by atoms with Gasteiger partial charge in [-0.2, -0.15) is 5.10 Å². The Balaban J connectivity index is 1.69. The molecule has 1 heterocycles. The molecule has 0 bridgehead atoms. The molecule has 19 heavy (non-hydrogen) atoms. The van der Waals surface area contributed by atoms with Gasteiger partial charge in [0.1, 0.15) is 0 Å². The molecule has 5 nitrogen and oxygen atoms in total. The van der Waals surface area contributed by atoms with Gasteiger partial charge in [0.25, 0.3) is 0 Å². The zero-order valence-corrected chi connectivity index (χ0v) is 11.6. The van der Waals surface area contributed by atoms with Crippen LogP contribution >= 0.6 is 0 Å². The van der Waals surface area contributed by atoms with Gasteiger partial charge in [-0.05, 0) is 44.2 Å². The summed E-state index contributed by atoms with van der Waals surface area (Å²) >= 11 is 0. The summed E-state index contributed by atoms with van der Waals surface area (Å²) in [6, 6.07) is 1.98. The molecule has 1 aliphatic carbocycles. The van der Waals surface area contributed by atoms with Crippen LogP contribution in [0.15, 0.2) is 12.3 Å². The number of carbonyl (C=O) groups excluding carboxylic acids is 1. The highest BCUT2D eigenvalue weighted by molar-refractivity contribution is 5.78. The fourth-order valence-corrected chi connectivity index (χ4v) is 2.76. The van der Waals surface area contributed by atoms with Crippen molar-refractivity contribution in [2.45, 2.75) is 32.1 Å². The first-order chi connectivity index (χ1) is 9.20. The van der Waals surface area contributed by atoms with Gasteiger partial charge in [-0.25, -0.2) is 0 Å². The molecule has 0 unspecified atom stereocenters. The van der Waals surface area contributed by atoms with Gasteiger partial charge in [-0.3, -0.25) is 9.48 Å². The number of carbonyl (C=O) groups is 1. The number of nitrogens with one attached hydrogen (secondary N) is 1.